The first-order valence-corrected chi connectivity index (χ1v) is 8.60. The molecular formula is C19H23BrN2O. The van der Waals surface area contributed by atoms with E-state index in [9.17, 15) is 4.79 Å². The van der Waals surface area contributed by atoms with Crippen LogP contribution in [0.2, 0.25) is 0 Å². The van der Waals surface area contributed by atoms with Gasteiger partial charge in [-0.05, 0) is 61.7 Å². The Bertz CT molecular complexity index is 665. The molecule has 0 radical (unpaired) electrons. The van der Waals surface area contributed by atoms with Crippen LogP contribution >= 0.6 is 15.9 Å². The molecule has 2 N–H and O–H groups in total. The standard InChI is InChI=1S/C19H23BrN2O/c1-13-9-14(2)11-18(10-13)21-8-7-19(23)22-15(3)16-5-4-6-17(20)12-16/h4-6,9-12,15,21H,7-8H2,1-3H3,(H,22,23)/t15-/m0/s1. The molecule has 122 valence electrons. The molecule has 0 aromatic heterocycles. The van der Waals surface area contributed by atoms with Crippen molar-refractivity contribution in [3.05, 3.63) is 63.6 Å². The van der Waals surface area contributed by atoms with Gasteiger partial charge in [-0.2, -0.15) is 0 Å². The molecule has 3 nitrogen and oxygen atoms in total. The summed E-state index contributed by atoms with van der Waals surface area (Å²) in [5, 5.41) is 6.34. The molecule has 0 fully saturated rings. The lowest BCUT2D eigenvalue weighted by Gasteiger charge is -2.15. The molecule has 1 atom stereocenters. The zero-order chi connectivity index (χ0) is 16.8. The first-order valence-electron chi connectivity index (χ1n) is 7.81. The van der Waals surface area contributed by atoms with Gasteiger partial charge in [0.1, 0.15) is 0 Å². The van der Waals surface area contributed by atoms with Crippen molar-refractivity contribution in [2.75, 3.05) is 11.9 Å². The summed E-state index contributed by atoms with van der Waals surface area (Å²) in [6.45, 7) is 6.77. The lowest BCUT2D eigenvalue weighted by Crippen LogP contribution is -2.28. The number of hydrogen-bond donors (Lipinski definition) is 2. The van der Waals surface area contributed by atoms with Crippen LogP contribution < -0.4 is 10.6 Å². The van der Waals surface area contributed by atoms with E-state index in [1.807, 2.05) is 31.2 Å². The van der Waals surface area contributed by atoms with E-state index in [4.69, 9.17) is 0 Å². The summed E-state index contributed by atoms with van der Waals surface area (Å²) in [7, 11) is 0. The molecule has 4 heteroatoms. The normalized spacial score (nSPS) is 11.8. The van der Waals surface area contributed by atoms with Crippen LogP contribution in [-0.4, -0.2) is 12.5 Å². The van der Waals surface area contributed by atoms with Gasteiger partial charge in [0.2, 0.25) is 5.91 Å². The van der Waals surface area contributed by atoms with Crippen molar-refractivity contribution in [1.29, 1.82) is 0 Å². The van der Waals surface area contributed by atoms with E-state index in [0.29, 0.717) is 13.0 Å². The highest BCUT2D eigenvalue weighted by molar-refractivity contribution is 9.10. The molecule has 2 aromatic carbocycles. The highest BCUT2D eigenvalue weighted by Crippen LogP contribution is 2.18. The van der Waals surface area contributed by atoms with Gasteiger partial charge < -0.3 is 10.6 Å². The van der Waals surface area contributed by atoms with E-state index >= 15 is 0 Å². The van der Waals surface area contributed by atoms with Gasteiger partial charge in [0.25, 0.3) is 0 Å². The maximum Gasteiger partial charge on any atom is 0.222 e. The largest absolute Gasteiger partial charge is 0.385 e. The summed E-state index contributed by atoms with van der Waals surface area (Å²) in [6, 6.07) is 14.3. The molecule has 0 aliphatic rings. The highest BCUT2D eigenvalue weighted by Gasteiger charge is 2.09. The minimum Gasteiger partial charge on any atom is -0.385 e. The Balaban J connectivity index is 1.81. The Kier molecular flexibility index (Phi) is 6.22. The second kappa shape index (κ2) is 8.16. The molecule has 2 aromatic rings. The zero-order valence-corrected chi connectivity index (χ0v) is 15.4. The molecule has 0 aliphatic carbocycles. The van der Waals surface area contributed by atoms with Crippen molar-refractivity contribution < 1.29 is 4.79 Å². The van der Waals surface area contributed by atoms with Crippen molar-refractivity contribution in [2.45, 2.75) is 33.2 Å². The van der Waals surface area contributed by atoms with Crippen LogP contribution in [0, 0.1) is 13.8 Å². The predicted molar refractivity (Wildman–Crippen MR) is 99.7 cm³/mol. The molecule has 0 spiro atoms. The van der Waals surface area contributed by atoms with E-state index in [2.05, 4.69) is 58.6 Å². The first-order chi connectivity index (χ1) is 10.9. The molecule has 0 saturated carbocycles. The molecule has 2 rings (SSSR count). The minimum atomic E-state index is 0.00112. The van der Waals surface area contributed by atoms with Gasteiger partial charge in [0.05, 0.1) is 6.04 Å². The predicted octanol–water partition coefficient (Wildman–Crippen LogP) is 4.75. The summed E-state index contributed by atoms with van der Waals surface area (Å²) in [4.78, 5) is 12.1. The molecule has 0 saturated heterocycles. The molecule has 0 aliphatic heterocycles. The topological polar surface area (TPSA) is 41.1 Å². The lowest BCUT2D eigenvalue weighted by atomic mass is 10.1. The van der Waals surface area contributed by atoms with Gasteiger partial charge in [-0.15, -0.1) is 0 Å². The quantitative estimate of drug-likeness (QED) is 0.765. The minimum absolute atomic E-state index is 0.00112. The van der Waals surface area contributed by atoms with E-state index < -0.39 is 0 Å². The third kappa shape index (κ3) is 5.71. The van der Waals surface area contributed by atoms with Crippen LogP contribution in [0.15, 0.2) is 46.9 Å². The van der Waals surface area contributed by atoms with Gasteiger partial charge in [-0.3, -0.25) is 4.79 Å². The second-order valence-electron chi connectivity index (χ2n) is 5.90. The first kappa shape index (κ1) is 17.5. The summed E-state index contributed by atoms with van der Waals surface area (Å²) in [5.41, 5.74) is 4.60. The van der Waals surface area contributed by atoms with Crippen molar-refractivity contribution in [1.82, 2.24) is 5.32 Å². The van der Waals surface area contributed by atoms with Gasteiger partial charge in [0.15, 0.2) is 0 Å². The third-order valence-corrected chi connectivity index (χ3v) is 4.12. The fourth-order valence-corrected chi connectivity index (χ4v) is 2.99. The van der Waals surface area contributed by atoms with Crippen molar-refractivity contribution in [2.24, 2.45) is 0 Å². The van der Waals surface area contributed by atoms with E-state index in [0.717, 1.165) is 15.7 Å². The number of anilines is 1. The van der Waals surface area contributed by atoms with Crippen LogP contribution in [0.3, 0.4) is 0 Å². The van der Waals surface area contributed by atoms with Crippen molar-refractivity contribution >= 4 is 27.5 Å². The molecule has 1 amide bonds. The average molecular weight is 375 g/mol. The van der Waals surface area contributed by atoms with Crippen molar-refractivity contribution in [3.63, 3.8) is 0 Å². The molecule has 0 bridgehead atoms. The number of nitrogens with one attached hydrogen (secondary N) is 2. The van der Waals surface area contributed by atoms with E-state index in [1.165, 1.54) is 11.1 Å². The number of amides is 1. The summed E-state index contributed by atoms with van der Waals surface area (Å²) >= 11 is 3.45. The molecular weight excluding hydrogens is 352 g/mol. The summed E-state index contributed by atoms with van der Waals surface area (Å²) in [6.07, 6.45) is 0.450. The number of aryl methyl sites for hydroxylation is 2. The number of carbonyl (C=O) groups is 1. The Morgan fingerprint density at radius 2 is 1.83 bits per heavy atom. The van der Waals surface area contributed by atoms with Crippen LogP contribution in [0.4, 0.5) is 5.69 Å². The van der Waals surface area contributed by atoms with Gasteiger partial charge in [-0.1, -0.05) is 34.1 Å². The van der Waals surface area contributed by atoms with Crippen molar-refractivity contribution in [3.8, 4) is 0 Å². The number of halogens is 1. The number of rotatable bonds is 6. The van der Waals surface area contributed by atoms with Crippen LogP contribution in [0.1, 0.15) is 36.1 Å². The van der Waals surface area contributed by atoms with Gasteiger partial charge in [-0.25, -0.2) is 0 Å². The van der Waals surface area contributed by atoms with Crippen LogP contribution in [-0.2, 0) is 4.79 Å². The molecule has 23 heavy (non-hydrogen) atoms. The van der Waals surface area contributed by atoms with Crippen LogP contribution in [0.25, 0.3) is 0 Å². The monoisotopic (exact) mass is 374 g/mol. The van der Waals surface area contributed by atoms with Gasteiger partial charge in [0, 0.05) is 23.1 Å². The third-order valence-electron chi connectivity index (χ3n) is 3.63. The fraction of sp³-hybridized carbons (Fsp3) is 0.316. The maximum absolute atomic E-state index is 12.1. The fourth-order valence-electron chi connectivity index (χ4n) is 2.57. The Morgan fingerprint density at radius 1 is 1.13 bits per heavy atom. The highest BCUT2D eigenvalue weighted by atomic mass is 79.9. The second-order valence-corrected chi connectivity index (χ2v) is 6.81. The van der Waals surface area contributed by atoms with E-state index in [-0.39, 0.29) is 11.9 Å². The maximum atomic E-state index is 12.1. The SMILES string of the molecule is Cc1cc(C)cc(NCCC(=O)N[C@@H](C)c2cccc(Br)c2)c1. The smallest absolute Gasteiger partial charge is 0.222 e. The van der Waals surface area contributed by atoms with Crippen LogP contribution in [0.5, 0.6) is 0 Å². The summed E-state index contributed by atoms with van der Waals surface area (Å²) in [5.74, 6) is 0.0503. The zero-order valence-electron chi connectivity index (χ0n) is 13.8. The Labute approximate surface area is 146 Å². The number of benzene rings is 2. The molecule has 0 heterocycles. The molecule has 0 unspecified atom stereocenters. The summed E-state index contributed by atoms with van der Waals surface area (Å²) < 4.78 is 1.02. The van der Waals surface area contributed by atoms with Gasteiger partial charge >= 0.3 is 0 Å². The Hall–Kier alpha value is -1.81. The number of carbonyl (C=O) groups excluding carboxylic acids is 1. The lowest BCUT2D eigenvalue weighted by molar-refractivity contribution is -0.121. The Morgan fingerprint density at radius 3 is 2.48 bits per heavy atom. The van der Waals surface area contributed by atoms with E-state index in [1.54, 1.807) is 0 Å². The average Bonchev–Trinajstić information content (AvgIpc) is 2.46. The number of hydrogen-bond acceptors (Lipinski definition) is 2.